The van der Waals surface area contributed by atoms with Crippen molar-refractivity contribution in [3.8, 4) is 6.07 Å². The van der Waals surface area contributed by atoms with Gasteiger partial charge in [0.2, 0.25) is 0 Å². The third-order valence-corrected chi connectivity index (χ3v) is 3.52. The molecule has 96 valence electrons. The van der Waals surface area contributed by atoms with E-state index in [9.17, 15) is 4.79 Å². The second-order valence-electron chi connectivity index (χ2n) is 4.29. The van der Waals surface area contributed by atoms with Crippen LogP contribution in [0.2, 0.25) is 0 Å². The minimum atomic E-state index is -0.339. The van der Waals surface area contributed by atoms with Gasteiger partial charge >= 0.3 is 0 Å². The predicted octanol–water partition coefficient (Wildman–Crippen LogP) is 2.54. The van der Waals surface area contributed by atoms with Gasteiger partial charge in [-0.05, 0) is 37.1 Å². The average Bonchev–Trinajstić information content (AvgIpc) is 2.39. The zero-order chi connectivity index (χ0) is 14.0. The molecular weight excluding hydrogens is 306 g/mol. The monoisotopic (exact) mass is 317 g/mol. The van der Waals surface area contributed by atoms with Gasteiger partial charge in [0.15, 0.2) is 0 Å². The number of halogens is 1. The number of hydrogen-bond donors (Lipinski definition) is 0. The van der Waals surface area contributed by atoms with Crippen molar-refractivity contribution >= 4 is 15.9 Å². The van der Waals surface area contributed by atoms with Crippen LogP contribution < -0.4 is 5.56 Å². The molecule has 0 N–H and O–H groups in total. The molecule has 0 spiro atoms. The largest absolute Gasteiger partial charge is 0.285 e. The molecule has 0 atom stereocenters. The highest BCUT2D eigenvalue weighted by Gasteiger charge is 2.11. The summed E-state index contributed by atoms with van der Waals surface area (Å²) < 4.78 is 2.32. The van der Waals surface area contributed by atoms with Crippen LogP contribution in [0, 0.1) is 25.2 Å². The molecule has 19 heavy (non-hydrogen) atoms. The molecule has 1 aromatic heterocycles. The number of rotatable bonds is 2. The first-order chi connectivity index (χ1) is 9.02. The second kappa shape index (κ2) is 5.37. The highest BCUT2D eigenvalue weighted by Crippen LogP contribution is 2.11. The summed E-state index contributed by atoms with van der Waals surface area (Å²) in [7, 11) is 0. The van der Waals surface area contributed by atoms with E-state index < -0.39 is 0 Å². The van der Waals surface area contributed by atoms with E-state index in [1.54, 1.807) is 13.8 Å². The van der Waals surface area contributed by atoms with Crippen molar-refractivity contribution in [2.75, 3.05) is 0 Å². The molecule has 4 nitrogen and oxygen atoms in total. The van der Waals surface area contributed by atoms with Crippen molar-refractivity contribution in [3.63, 3.8) is 0 Å². The van der Waals surface area contributed by atoms with E-state index in [4.69, 9.17) is 5.26 Å². The summed E-state index contributed by atoms with van der Waals surface area (Å²) in [6.45, 7) is 3.90. The van der Waals surface area contributed by atoms with E-state index in [1.807, 2.05) is 30.3 Å². The third kappa shape index (κ3) is 2.74. The van der Waals surface area contributed by atoms with E-state index in [1.165, 1.54) is 4.68 Å². The summed E-state index contributed by atoms with van der Waals surface area (Å²) in [5, 5.41) is 13.3. The molecule has 0 aliphatic carbocycles. The summed E-state index contributed by atoms with van der Waals surface area (Å²) in [5.41, 5.74) is 2.15. The SMILES string of the molecule is Cc1nn(Cc2ccc(Br)cc2)c(=O)c(C#N)c1C. The van der Waals surface area contributed by atoms with Crippen molar-refractivity contribution in [2.45, 2.75) is 20.4 Å². The van der Waals surface area contributed by atoms with Crippen molar-refractivity contribution in [1.29, 1.82) is 5.26 Å². The number of hydrogen-bond acceptors (Lipinski definition) is 3. The Morgan fingerprint density at radius 1 is 1.32 bits per heavy atom. The van der Waals surface area contributed by atoms with Crippen LogP contribution in [0.5, 0.6) is 0 Å². The van der Waals surface area contributed by atoms with Gasteiger partial charge in [0.05, 0.1) is 12.2 Å². The molecule has 2 rings (SSSR count). The molecule has 1 aromatic carbocycles. The van der Waals surface area contributed by atoms with Gasteiger partial charge in [-0.25, -0.2) is 4.68 Å². The Hall–Kier alpha value is -1.93. The maximum atomic E-state index is 12.1. The van der Waals surface area contributed by atoms with Gasteiger partial charge in [-0.15, -0.1) is 0 Å². The molecule has 5 heteroatoms. The molecule has 0 saturated carbocycles. The number of nitrogens with zero attached hydrogens (tertiary/aromatic N) is 3. The topological polar surface area (TPSA) is 58.7 Å². The Morgan fingerprint density at radius 2 is 1.95 bits per heavy atom. The van der Waals surface area contributed by atoms with Crippen LogP contribution in [-0.2, 0) is 6.54 Å². The van der Waals surface area contributed by atoms with Crippen LogP contribution >= 0.6 is 15.9 Å². The summed E-state index contributed by atoms with van der Waals surface area (Å²) in [5.74, 6) is 0. The van der Waals surface area contributed by atoms with Gasteiger partial charge in [-0.1, -0.05) is 28.1 Å². The zero-order valence-electron chi connectivity index (χ0n) is 10.6. The first kappa shape index (κ1) is 13.5. The fourth-order valence-electron chi connectivity index (χ4n) is 1.77. The number of aryl methyl sites for hydroxylation is 1. The highest BCUT2D eigenvalue weighted by molar-refractivity contribution is 9.10. The minimum Gasteiger partial charge on any atom is -0.266 e. The average molecular weight is 318 g/mol. The standard InChI is InChI=1S/C14H12BrN3O/c1-9-10(2)17-18(14(19)13(9)7-16)8-11-3-5-12(15)6-4-11/h3-6H,8H2,1-2H3. The zero-order valence-corrected chi connectivity index (χ0v) is 12.2. The van der Waals surface area contributed by atoms with Crippen LogP contribution in [0.4, 0.5) is 0 Å². The molecule has 0 amide bonds. The van der Waals surface area contributed by atoms with E-state index in [-0.39, 0.29) is 11.1 Å². The molecule has 1 heterocycles. The lowest BCUT2D eigenvalue weighted by Gasteiger charge is -2.09. The summed E-state index contributed by atoms with van der Waals surface area (Å²) in [6, 6.07) is 9.61. The Morgan fingerprint density at radius 3 is 2.53 bits per heavy atom. The lowest BCUT2D eigenvalue weighted by molar-refractivity contribution is 0.622. The van der Waals surface area contributed by atoms with Crippen LogP contribution in [-0.4, -0.2) is 9.78 Å². The maximum absolute atomic E-state index is 12.1. The number of nitriles is 1. The summed E-state index contributed by atoms with van der Waals surface area (Å²) >= 11 is 3.36. The predicted molar refractivity (Wildman–Crippen MR) is 75.9 cm³/mol. The van der Waals surface area contributed by atoms with Crippen molar-refractivity contribution in [3.05, 3.63) is 61.5 Å². The summed E-state index contributed by atoms with van der Waals surface area (Å²) in [6.07, 6.45) is 0. The molecule has 0 aliphatic rings. The molecular formula is C14H12BrN3O. The summed E-state index contributed by atoms with van der Waals surface area (Å²) in [4.78, 5) is 12.1. The van der Waals surface area contributed by atoms with Gasteiger partial charge in [0.1, 0.15) is 11.6 Å². The Kier molecular flexibility index (Phi) is 3.82. The number of benzene rings is 1. The van der Waals surface area contributed by atoms with Crippen molar-refractivity contribution in [2.24, 2.45) is 0 Å². The fraction of sp³-hybridized carbons (Fsp3) is 0.214. The van der Waals surface area contributed by atoms with Crippen LogP contribution in [0.3, 0.4) is 0 Å². The lowest BCUT2D eigenvalue weighted by atomic mass is 10.1. The molecule has 0 bridgehead atoms. The van der Waals surface area contributed by atoms with Gasteiger partial charge in [0, 0.05) is 4.47 Å². The second-order valence-corrected chi connectivity index (χ2v) is 5.20. The lowest BCUT2D eigenvalue weighted by Crippen LogP contribution is -2.27. The smallest absolute Gasteiger partial charge is 0.266 e. The normalized spacial score (nSPS) is 10.2. The fourth-order valence-corrected chi connectivity index (χ4v) is 2.04. The molecule has 0 aliphatic heterocycles. The van der Waals surface area contributed by atoms with Gasteiger partial charge in [-0.2, -0.15) is 10.4 Å². The molecule has 0 fully saturated rings. The minimum absolute atomic E-state index is 0.171. The van der Waals surface area contributed by atoms with E-state index in [0.29, 0.717) is 17.8 Å². The van der Waals surface area contributed by atoms with E-state index in [2.05, 4.69) is 21.0 Å². The Labute approximate surface area is 119 Å². The number of aromatic nitrogens is 2. The quantitative estimate of drug-likeness (QED) is 0.855. The van der Waals surface area contributed by atoms with Crippen LogP contribution in [0.25, 0.3) is 0 Å². The molecule has 0 saturated heterocycles. The van der Waals surface area contributed by atoms with Crippen LogP contribution in [0.1, 0.15) is 22.4 Å². The van der Waals surface area contributed by atoms with E-state index in [0.717, 1.165) is 10.0 Å². The Bertz CT molecular complexity index is 711. The van der Waals surface area contributed by atoms with E-state index >= 15 is 0 Å². The highest BCUT2D eigenvalue weighted by atomic mass is 79.9. The first-order valence-corrected chi connectivity index (χ1v) is 6.55. The van der Waals surface area contributed by atoms with Gasteiger partial charge in [-0.3, -0.25) is 4.79 Å². The first-order valence-electron chi connectivity index (χ1n) is 5.76. The molecule has 0 radical (unpaired) electrons. The Balaban J connectivity index is 2.47. The maximum Gasteiger partial charge on any atom is 0.285 e. The van der Waals surface area contributed by atoms with Crippen LogP contribution in [0.15, 0.2) is 33.5 Å². The van der Waals surface area contributed by atoms with Gasteiger partial charge < -0.3 is 0 Å². The van der Waals surface area contributed by atoms with Crippen molar-refractivity contribution in [1.82, 2.24) is 9.78 Å². The molecule has 2 aromatic rings. The van der Waals surface area contributed by atoms with Gasteiger partial charge in [0.25, 0.3) is 5.56 Å². The third-order valence-electron chi connectivity index (χ3n) is 2.99. The molecule has 0 unspecified atom stereocenters. The van der Waals surface area contributed by atoms with Crippen molar-refractivity contribution < 1.29 is 0 Å².